The van der Waals surface area contributed by atoms with Gasteiger partial charge in [0.15, 0.2) is 0 Å². The first kappa shape index (κ1) is 21.5. The van der Waals surface area contributed by atoms with Crippen molar-refractivity contribution in [2.24, 2.45) is 0 Å². The zero-order chi connectivity index (χ0) is 21.2. The first-order valence-electron chi connectivity index (χ1n) is 9.39. The van der Waals surface area contributed by atoms with E-state index in [0.717, 1.165) is 5.56 Å². The third kappa shape index (κ3) is 5.05. The Bertz CT molecular complexity index is 982. The standard InChI is InChI=1S/C19H24F2N2O5S/c1-3-27-19(24)16-8-13-9-17(28-11-18(20)21)14(10-15(13)22-16)12-4-6-23(7-5-12)29(2,25)26/h8-10,12,18,22H,3-7,11H2,1-2H3. The molecule has 3 rings (SSSR count). The van der Waals surface area contributed by atoms with E-state index in [4.69, 9.17) is 9.47 Å². The fourth-order valence-electron chi connectivity index (χ4n) is 3.59. The number of hydrogen-bond acceptors (Lipinski definition) is 5. The van der Waals surface area contributed by atoms with Crippen LogP contribution >= 0.6 is 0 Å². The van der Waals surface area contributed by atoms with Gasteiger partial charge in [-0.05, 0) is 49.4 Å². The summed E-state index contributed by atoms with van der Waals surface area (Å²) in [7, 11) is -3.26. The number of benzene rings is 1. The Morgan fingerprint density at radius 3 is 2.55 bits per heavy atom. The number of hydrogen-bond donors (Lipinski definition) is 1. The number of esters is 1. The number of halogens is 2. The van der Waals surface area contributed by atoms with Crippen molar-refractivity contribution in [3.8, 4) is 5.75 Å². The molecule has 0 atom stereocenters. The Hall–Kier alpha value is -2.20. The van der Waals surface area contributed by atoms with Crippen LogP contribution in [0.15, 0.2) is 18.2 Å². The van der Waals surface area contributed by atoms with Crippen LogP contribution in [0.3, 0.4) is 0 Å². The van der Waals surface area contributed by atoms with Gasteiger partial charge in [-0.1, -0.05) is 0 Å². The Labute approximate surface area is 168 Å². The van der Waals surface area contributed by atoms with E-state index in [2.05, 4.69) is 4.98 Å². The van der Waals surface area contributed by atoms with Crippen molar-refractivity contribution in [2.75, 3.05) is 32.6 Å². The summed E-state index contributed by atoms with van der Waals surface area (Å²) in [6.45, 7) is 1.91. The molecular weight excluding hydrogens is 406 g/mol. The van der Waals surface area contributed by atoms with Crippen molar-refractivity contribution in [2.45, 2.75) is 32.1 Å². The normalized spacial score (nSPS) is 16.4. The van der Waals surface area contributed by atoms with Gasteiger partial charge in [0.25, 0.3) is 6.43 Å². The number of aromatic nitrogens is 1. The Morgan fingerprint density at radius 2 is 1.97 bits per heavy atom. The second-order valence-corrected chi connectivity index (χ2v) is 9.00. The molecular formula is C19H24F2N2O5S. The summed E-state index contributed by atoms with van der Waals surface area (Å²) in [4.78, 5) is 15.0. The molecule has 2 heterocycles. The number of alkyl halides is 2. The number of carbonyl (C=O) groups is 1. The molecule has 0 unspecified atom stereocenters. The average Bonchev–Trinajstić information content (AvgIpc) is 3.08. The highest BCUT2D eigenvalue weighted by molar-refractivity contribution is 7.88. The molecule has 0 spiro atoms. The number of piperidine rings is 1. The van der Waals surface area contributed by atoms with Crippen molar-refractivity contribution < 1.29 is 31.5 Å². The van der Waals surface area contributed by atoms with E-state index in [0.29, 0.717) is 42.6 Å². The number of nitrogens with one attached hydrogen (secondary N) is 1. The quantitative estimate of drug-likeness (QED) is 0.682. The summed E-state index contributed by atoms with van der Waals surface area (Å²) in [6.07, 6.45) is -0.344. The number of nitrogens with zero attached hydrogens (tertiary/aromatic N) is 1. The fraction of sp³-hybridized carbons (Fsp3) is 0.526. The monoisotopic (exact) mass is 430 g/mol. The number of aromatic amines is 1. The molecule has 0 aliphatic carbocycles. The lowest BCUT2D eigenvalue weighted by Gasteiger charge is -2.31. The van der Waals surface area contributed by atoms with E-state index < -0.39 is 29.0 Å². The van der Waals surface area contributed by atoms with Crippen LogP contribution in [-0.2, 0) is 14.8 Å². The number of rotatable bonds is 7. The number of sulfonamides is 1. The van der Waals surface area contributed by atoms with E-state index in [1.165, 1.54) is 10.6 Å². The molecule has 10 heteroatoms. The first-order valence-corrected chi connectivity index (χ1v) is 11.2. The van der Waals surface area contributed by atoms with Crippen LogP contribution in [0.4, 0.5) is 8.78 Å². The smallest absolute Gasteiger partial charge is 0.354 e. The minimum atomic E-state index is -3.26. The van der Waals surface area contributed by atoms with Crippen LogP contribution in [-0.4, -0.2) is 62.7 Å². The third-order valence-corrected chi connectivity index (χ3v) is 6.28. The molecule has 0 radical (unpaired) electrons. The van der Waals surface area contributed by atoms with Crippen molar-refractivity contribution in [3.05, 3.63) is 29.5 Å². The maximum atomic E-state index is 12.7. The minimum absolute atomic E-state index is 0.0422. The summed E-state index contributed by atoms with van der Waals surface area (Å²) in [5, 5.41) is 0.648. The van der Waals surface area contributed by atoms with Gasteiger partial charge in [-0.25, -0.2) is 26.3 Å². The number of H-pyrrole nitrogens is 1. The third-order valence-electron chi connectivity index (χ3n) is 4.97. The van der Waals surface area contributed by atoms with Crippen LogP contribution in [0.2, 0.25) is 0 Å². The molecule has 1 fully saturated rings. The molecule has 160 valence electrons. The van der Waals surface area contributed by atoms with Crippen LogP contribution in [0.25, 0.3) is 10.9 Å². The highest BCUT2D eigenvalue weighted by atomic mass is 32.2. The van der Waals surface area contributed by atoms with Crippen molar-refractivity contribution in [3.63, 3.8) is 0 Å². The zero-order valence-electron chi connectivity index (χ0n) is 16.3. The van der Waals surface area contributed by atoms with Crippen LogP contribution in [0.1, 0.15) is 41.7 Å². The van der Waals surface area contributed by atoms with E-state index >= 15 is 0 Å². The summed E-state index contributed by atoms with van der Waals surface area (Å²) >= 11 is 0. The maximum absolute atomic E-state index is 12.7. The number of ether oxygens (including phenoxy) is 2. The predicted molar refractivity (Wildman–Crippen MR) is 104 cm³/mol. The first-order chi connectivity index (χ1) is 13.7. The van der Waals surface area contributed by atoms with Gasteiger partial charge in [-0.15, -0.1) is 0 Å². The van der Waals surface area contributed by atoms with Gasteiger partial charge in [0.2, 0.25) is 10.0 Å². The molecule has 1 aliphatic rings. The fourth-order valence-corrected chi connectivity index (χ4v) is 4.46. The van der Waals surface area contributed by atoms with Crippen LogP contribution in [0.5, 0.6) is 5.75 Å². The summed E-state index contributed by atoms with van der Waals surface area (Å²) < 4.78 is 60.7. The lowest BCUT2D eigenvalue weighted by molar-refractivity contribution is 0.0520. The van der Waals surface area contributed by atoms with Gasteiger partial charge in [0, 0.05) is 24.0 Å². The van der Waals surface area contributed by atoms with E-state index in [1.807, 2.05) is 0 Å². The second kappa shape index (κ2) is 8.66. The Balaban J connectivity index is 1.93. The Morgan fingerprint density at radius 1 is 1.28 bits per heavy atom. The SMILES string of the molecule is CCOC(=O)c1cc2cc(OCC(F)F)c(C3CCN(S(C)(=O)=O)CC3)cc2[nH]1. The number of carbonyl (C=O) groups excluding carboxylic acids is 1. The summed E-state index contributed by atoms with van der Waals surface area (Å²) in [5.41, 5.74) is 1.66. The highest BCUT2D eigenvalue weighted by Crippen LogP contribution is 2.38. The molecule has 0 amide bonds. The minimum Gasteiger partial charge on any atom is -0.487 e. The van der Waals surface area contributed by atoms with E-state index in [-0.39, 0.29) is 18.2 Å². The molecule has 29 heavy (non-hydrogen) atoms. The molecule has 7 nitrogen and oxygen atoms in total. The molecule has 1 aliphatic heterocycles. The largest absolute Gasteiger partial charge is 0.487 e. The van der Waals surface area contributed by atoms with Crippen LogP contribution in [0, 0.1) is 0 Å². The van der Waals surface area contributed by atoms with Gasteiger partial charge in [-0.2, -0.15) is 0 Å². The molecule has 1 saturated heterocycles. The average molecular weight is 430 g/mol. The molecule has 0 bridgehead atoms. The van der Waals surface area contributed by atoms with Gasteiger partial charge in [-0.3, -0.25) is 0 Å². The highest BCUT2D eigenvalue weighted by Gasteiger charge is 2.28. The lowest BCUT2D eigenvalue weighted by atomic mass is 9.89. The molecule has 1 aromatic heterocycles. The van der Waals surface area contributed by atoms with E-state index in [1.54, 1.807) is 25.1 Å². The van der Waals surface area contributed by atoms with Gasteiger partial charge in [0.05, 0.1) is 12.9 Å². The van der Waals surface area contributed by atoms with Crippen molar-refractivity contribution in [1.82, 2.24) is 9.29 Å². The van der Waals surface area contributed by atoms with Gasteiger partial charge >= 0.3 is 5.97 Å². The predicted octanol–water partition coefficient (Wildman–Crippen LogP) is 3.13. The topological polar surface area (TPSA) is 88.7 Å². The van der Waals surface area contributed by atoms with Crippen LogP contribution < -0.4 is 4.74 Å². The maximum Gasteiger partial charge on any atom is 0.354 e. The van der Waals surface area contributed by atoms with Crippen molar-refractivity contribution >= 4 is 26.9 Å². The zero-order valence-corrected chi connectivity index (χ0v) is 17.1. The molecule has 1 aromatic carbocycles. The lowest BCUT2D eigenvalue weighted by Crippen LogP contribution is -2.37. The summed E-state index contributed by atoms with van der Waals surface area (Å²) in [6, 6.07) is 5.02. The molecule has 1 N–H and O–H groups in total. The van der Waals surface area contributed by atoms with Gasteiger partial charge < -0.3 is 14.5 Å². The second-order valence-electron chi connectivity index (χ2n) is 7.02. The molecule has 0 saturated carbocycles. The summed E-state index contributed by atoms with van der Waals surface area (Å²) in [5.74, 6) is -0.216. The molecule has 2 aromatic rings. The number of fused-ring (bicyclic) bond motifs is 1. The Kier molecular flexibility index (Phi) is 6.42. The van der Waals surface area contributed by atoms with Crippen molar-refractivity contribution in [1.29, 1.82) is 0 Å². The van der Waals surface area contributed by atoms with Gasteiger partial charge in [0.1, 0.15) is 18.1 Å². The van der Waals surface area contributed by atoms with E-state index in [9.17, 15) is 22.0 Å².